The fourth-order valence-electron chi connectivity index (χ4n) is 5.39. The van der Waals surface area contributed by atoms with Crippen LogP contribution in [0.15, 0.2) is 29.9 Å². The lowest BCUT2D eigenvalue weighted by Gasteiger charge is -2.37. The molecule has 0 bridgehead atoms. The average molecular weight is 473 g/mol. The molecule has 0 radical (unpaired) electrons. The molecule has 1 aromatic carbocycles. The van der Waals surface area contributed by atoms with Crippen LogP contribution < -0.4 is 5.32 Å². The molecule has 2 aliphatic rings. The minimum atomic E-state index is -0.668. The van der Waals surface area contributed by atoms with Gasteiger partial charge in [-0.1, -0.05) is 6.92 Å². The van der Waals surface area contributed by atoms with Gasteiger partial charge in [-0.25, -0.2) is 18.7 Å². The van der Waals surface area contributed by atoms with E-state index in [0.717, 1.165) is 49.4 Å². The predicted molar refractivity (Wildman–Crippen MR) is 125 cm³/mol. The zero-order chi connectivity index (χ0) is 21.9. The summed E-state index contributed by atoms with van der Waals surface area (Å²) in [7, 11) is 0. The number of aromatic nitrogens is 2. The fourth-order valence-corrected chi connectivity index (χ4v) is 7.36. The molecule has 0 aliphatic carbocycles. The molecule has 2 aliphatic heterocycles. The largest absolute Gasteiger partial charge is 0.379 e. The summed E-state index contributed by atoms with van der Waals surface area (Å²) in [5.74, 6) is -0.925. The first kappa shape index (κ1) is 20.4. The molecule has 5 nitrogen and oxygen atoms in total. The molecule has 1 spiro atoms. The van der Waals surface area contributed by atoms with Crippen molar-refractivity contribution >= 4 is 54.5 Å². The van der Waals surface area contributed by atoms with Gasteiger partial charge < -0.3 is 10.1 Å². The van der Waals surface area contributed by atoms with Gasteiger partial charge in [0.2, 0.25) is 0 Å². The zero-order valence-electron chi connectivity index (χ0n) is 17.5. The maximum absolute atomic E-state index is 15.0. The van der Waals surface area contributed by atoms with E-state index in [1.54, 1.807) is 23.6 Å². The zero-order valence-corrected chi connectivity index (χ0v) is 19.2. The first-order chi connectivity index (χ1) is 15.6. The Labute approximate surface area is 192 Å². The molecule has 1 N–H and O–H groups in total. The molecule has 9 heteroatoms. The smallest absolute Gasteiger partial charge is 0.176 e. The van der Waals surface area contributed by atoms with Crippen LogP contribution in [-0.4, -0.2) is 46.7 Å². The van der Waals surface area contributed by atoms with E-state index in [-0.39, 0.29) is 16.7 Å². The van der Waals surface area contributed by atoms with Crippen LogP contribution >= 0.6 is 22.7 Å². The first-order valence-corrected chi connectivity index (χ1v) is 12.5. The Morgan fingerprint density at radius 1 is 1.31 bits per heavy atom. The van der Waals surface area contributed by atoms with E-state index >= 15 is 0 Å². The number of fused-ring (bicyclic) bond motifs is 2. The number of ether oxygens (including phenoxy) is 1. The van der Waals surface area contributed by atoms with Gasteiger partial charge in [-0.15, -0.1) is 22.7 Å². The number of likely N-dealkylation sites (tertiary alicyclic amines) is 1. The SMILES string of the molecule is CCN1CC[C@@H](c2cc3c(Nc4c(F)cc5scnc5c4F)ccnc3s2)[C@@]12CCOC2. The third-order valence-corrected chi connectivity index (χ3v) is 8.89. The van der Waals surface area contributed by atoms with Crippen molar-refractivity contribution < 1.29 is 13.5 Å². The molecule has 3 aromatic heterocycles. The van der Waals surface area contributed by atoms with Crippen LogP contribution in [0.1, 0.15) is 30.6 Å². The monoisotopic (exact) mass is 472 g/mol. The Bertz CT molecular complexity index is 1310. The third kappa shape index (κ3) is 2.98. The molecule has 166 valence electrons. The van der Waals surface area contributed by atoms with E-state index in [1.807, 2.05) is 0 Å². The van der Waals surface area contributed by atoms with E-state index < -0.39 is 11.6 Å². The minimum Gasteiger partial charge on any atom is -0.379 e. The standard InChI is InChI=1S/C23H22F2N4OS2/c1-2-29-7-4-14(23(29)5-8-30-11-23)17-9-13-16(3-6-26-22(13)32-17)28-20-15(24)10-18-21(19(20)25)27-12-31-18/h3,6,9-10,12,14H,2,4-5,7-8,11H2,1H3,(H,26,28)/t14-,23-/m0/s1. The van der Waals surface area contributed by atoms with Gasteiger partial charge in [0, 0.05) is 29.0 Å². The molecule has 2 fully saturated rings. The molecule has 0 unspecified atom stereocenters. The van der Waals surface area contributed by atoms with E-state index in [4.69, 9.17) is 4.74 Å². The Morgan fingerprint density at radius 3 is 3.03 bits per heavy atom. The summed E-state index contributed by atoms with van der Waals surface area (Å²) < 4.78 is 36.1. The first-order valence-electron chi connectivity index (χ1n) is 10.8. The van der Waals surface area contributed by atoms with Crippen molar-refractivity contribution in [1.82, 2.24) is 14.9 Å². The lowest BCUT2D eigenvalue weighted by atomic mass is 9.82. The number of nitrogens with one attached hydrogen (secondary N) is 1. The van der Waals surface area contributed by atoms with Gasteiger partial charge in [-0.3, -0.25) is 4.90 Å². The second-order valence-corrected chi connectivity index (χ2v) is 10.4. The molecule has 4 aromatic rings. The number of thiophene rings is 1. The maximum atomic E-state index is 15.0. The lowest BCUT2D eigenvalue weighted by molar-refractivity contribution is 0.0963. The fraction of sp³-hybridized carbons (Fsp3) is 0.391. The van der Waals surface area contributed by atoms with Gasteiger partial charge in [0.1, 0.15) is 16.0 Å². The van der Waals surface area contributed by atoms with Gasteiger partial charge in [-0.2, -0.15) is 0 Å². The quantitative estimate of drug-likeness (QED) is 0.401. The molecular weight excluding hydrogens is 450 g/mol. The molecule has 5 heterocycles. The Kier molecular flexibility index (Phi) is 4.90. The van der Waals surface area contributed by atoms with Crippen molar-refractivity contribution in [3.63, 3.8) is 0 Å². The van der Waals surface area contributed by atoms with E-state index in [0.29, 0.717) is 16.3 Å². The third-order valence-electron chi connectivity index (χ3n) is 6.96. The van der Waals surface area contributed by atoms with Crippen molar-refractivity contribution in [2.45, 2.75) is 31.2 Å². The van der Waals surface area contributed by atoms with Gasteiger partial charge in [-0.05, 0) is 44.1 Å². The summed E-state index contributed by atoms with van der Waals surface area (Å²) >= 11 is 2.89. The van der Waals surface area contributed by atoms with Gasteiger partial charge in [0.25, 0.3) is 0 Å². The molecule has 0 amide bonds. The summed E-state index contributed by atoms with van der Waals surface area (Å²) in [6.45, 7) is 5.82. The van der Waals surface area contributed by atoms with E-state index in [1.165, 1.54) is 27.8 Å². The summed E-state index contributed by atoms with van der Waals surface area (Å²) in [5, 5.41) is 3.88. The number of benzene rings is 1. The number of halogens is 2. The van der Waals surface area contributed by atoms with Crippen molar-refractivity contribution in [3.05, 3.63) is 46.4 Å². The normalized spacial score (nSPS) is 23.8. The molecular formula is C23H22F2N4OS2. The highest BCUT2D eigenvalue weighted by atomic mass is 32.1. The molecule has 32 heavy (non-hydrogen) atoms. The van der Waals surface area contributed by atoms with Crippen LogP contribution in [0.5, 0.6) is 0 Å². The number of hydrogen-bond acceptors (Lipinski definition) is 7. The number of hydrogen-bond donors (Lipinski definition) is 1. The van der Waals surface area contributed by atoms with Crippen molar-refractivity contribution in [3.8, 4) is 0 Å². The Morgan fingerprint density at radius 2 is 2.22 bits per heavy atom. The van der Waals surface area contributed by atoms with Gasteiger partial charge in [0.05, 0.1) is 28.0 Å². The number of anilines is 2. The highest BCUT2D eigenvalue weighted by Crippen LogP contribution is 2.50. The van der Waals surface area contributed by atoms with Crippen molar-refractivity contribution in [1.29, 1.82) is 0 Å². The van der Waals surface area contributed by atoms with Crippen LogP contribution in [0, 0.1) is 11.6 Å². The molecule has 2 atom stereocenters. The summed E-state index contributed by atoms with van der Waals surface area (Å²) in [6.07, 6.45) is 3.79. The average Bonchev–Trinajstić information content (AvgIpc) is 3.58. The topological polar surface area (TPSA) is 50.3 Å². The number of nitrogens with zero attached hydrogens (tertiary/aromatic N) is 3. The predicted octanol–water partition coefficient (Wildman–Crippen LogP) is 5.90. The second kappa shape index (κ2) is 7.69. The highest BCUT2D eigenvalue weighted by Gasteiger charge is 2.51. The lowest BCUT2D eigenvalue weighted by Crippen LogP contribution is -2.47. The van der Waals surface area contributed by atoms with Crippen LogP contribution in [-0.2, 0) is 4.74 Å². The summed E-state index contributed by atoms with van der Waals surface area (Å²) in [4.78, 5) is 13.3. The number of rotatable bonds is 4. The van der Waals surface area contributed by atoms with Crippen LogP contribution in [0.2, 0.25) is 0 Å². The van der Waals surface area contributed by atoms with Crippen molar-refractivity contribution in [2.24, 2.45) is 0 Å². The van der Waals surface area contributed by atoms with Crippen molar-refractivity contribution in [2.75, 3.05) is 31.6 Å². The Balaban J connectivity index is 1.41. The van der Waals surface area contributed by atoms with Gasteiger partial charge in [0.15, 0.2) is 11.6 Å². The number of thiazole rings is 1. The Hall–Kier alpha value is -2.20. The molecule has 6 rings (SSSR count). The van der Waals surface area contributed by atoms with E-state index in [2.05, 4.69) is 33.2 Å². The minimum absolute atomic E-state index is 0.0388. The highest BCUT2D eigenvalue weighted by molar-refractivity contribution is 7.18. The summed E-state index contributed by atoms with van der Waals surface area (Å²) in [6, 6.07) is 5.25. The second-order valence-electron chi connectivity index (χ2n) is 8.42. The number of pyridine rings is 1. The van der Waals surface area contributed by atoms with Crippen LogP contribution in [0.4, 0.5) is 20.2 Å². The number of likely N-dealkylation sites (N-methyl/N-ethyl adjacent to an activating group) is 1. The van der Waals surface area contributed by atoms with E-state index in [9.17, 15) is 8.78 Å². The molecule has 2 saturated heterocycles. The maximum Gasteiger partial charge on any atom is 0.176 e. The van der Waals surface area contributed by atoms with Crippen LogP contribution in [0.3, 0.4) is 0 Å². The van der Waals surface area contributed by atoms with Gasteiger partial charge >= 0.3 is 0 Å². The van der Waals surface area contributed by atoms with Crippen LogP contribution in [0.25, 0.3) is 20.4 Å². The molecule has 0 saturated carbocycles. The summed E-state index contributed by atoms with van der Waals surface area (Å²) in [5.41, 5.74) is 2.21.